The van der Waals surface area contributed by atoms with Crippen molar-refractivity contribution in [1.29, 1.82) is 0 Å². The van der Waals surface area contributed by atoms with Crippen molar-refractivity contribution in [3.05, 3.63) is 51.1 Å². The SMILES string of the molecule is NC(CSc1ccccc1Br)Cc1cccs1. The van der Waals surface area contributed by atoms with E-state index in [1.165, 1.54) is 9.77 Å². The lowest BCUT2D eigenvalue weighted by Crippen LogP contribution is -2.25. The second-order valence-electron chi connectivity index (χ2n) is 3.78. The molecule has 90 valence electrons. The molecule has 1 aromatic heterocycles. The summed E-state index contributed by atoms with van der Waals surface area (Å²) in [5.41, 5.74) is 6.13. The molecule has 0 bridgehead atoms. The van der Waals surface area contributed by atoms with Gasteiger partial charge < -0.3 is 5.73 Å². The highest BCUT2D eigenvalue weighted by Gasteiger charge is 2.07. The number of thiophene rings is 1. The Morgan fingerprint density at radius 2 is 2.06 bits per heavy atom. The van der Waals surface area contributed by atoms with Crippen LogP contribution >= 0.6 is 39.0 Å². The summed E-state index contributed by atoms with van der Waals surface area (Å²) in [6, 6.07) is 12.7. The van der Waals surface area contributed by atoms with Gasteiger partial charge in [-0.3, -0.25) is 0 Å². The summed E-state index contributed by atoms with van der Waals surface area (Å²) in [5.74, 6) is 0.945. The van der Waals surface area contributed by atoms with Crippen LogP contribution < -0.4 is 5.73 Å². The maximum absolute atomic E-state index is 6.13. The Kier molecular flexibility index (Phi) is 5.10. The van der Waals surface area contributed by atoms with Gasteiger partial charge in [0, 0.05) is 26.0 Å². The molecule has 0 aliphatic carbocycles. The number of hydrogen-bond donors (Lipinski definition) is 1. The quantitative estimate of drug-likeness (QED) is 0.834. The van der Waals surface area contributed by atoms with Gasteiger partial charge in [-0.05, 0) is 45.9 Å². The molecular formula is C13H14BrNS2. The Morgan fingerprint density at radius 3 is 2.76 bits per heavy atom. The minimum absolute atomic E-state index is 0.214. The minimum atomic E-state index is 0.214. The smallest absolute Gasteiger partial charge is 0.0311 e. The number of rotatable bonds is 5. The van der Waals surface area contributed by atoms with Crippen LogP contribution in [0.2, 0.25) is 0 Å². The predicted octanol–water partition coefficient (Wildman–Crippen LogP) is 4.17. The summed E-state index contributed by atoms with van der Waals surface area (Å²) in [4.78, 5) is 2.62. The number of hydrogen-bond acceptors (Lipinski definition) is 3. The summed E-state index contributed by atoms with van der Waals surface area (Å²) >= 11 is 7.13. The fourth-order valence-electron chi connectivity index (χ4n) is 1.50. The van der Waals surface area contributed by atoms with Crippen molar-refractivity contribution in [2.75, 3.05) is 5.75 Å². The molecule has 0 spiro atoms. The average molecular weight is 328 g/mol. The molecule has 2 aromatic rings. The maximum Gasteiger partial charge on any atom is 0.0311 e. The highest BCUT2D eigenvalue weighted by Crippen LogP contribution is 2.27. The molecule has 1 atom stereocenters. The molecule has 1 heterocycles. The number of nitrogens with two attached hydrogens (primary N) is 1. The van der Waals surface area contributed by atoms with Crippen molar-refractivity contribution < 1.29 is 0 Å². The molecular weight excluding hydrogens is 314 g/mol. The van der Waals surface area contributed by atoms with E-state index in [1.807, 2.05) is 17.8 Å². The topological polar surface area (TPSA) is 26.0 Å². The van der Waals surface area contributed by atoms with Gasteiger partial charge in [-0.1, -0.05) is 18.2 Å². The van der Waals surface area contributed by atoms with E-state index in [0.717, 1.165) is 16.6 Å². The Morgan fingerprint density at radius 1 is 1.24 bits per heavy atom. The average Bonchev–Trinajstić information content (AvgIpc) is 2.81. The van der Waals surface area contributed by atoms with Crippen LogP contribution in [0.1, 0.15) is 4.88 Å². The predicted molar refractivity (Wildman–Crippen MR) is 80.9 cm³/mol. The van der Waals surface area contributed by atoms with Gasteiger partial charge in [0.15, 0.2) is 0 Å². The van der Waals surface area contributed by atoms with Gasteiger partial charge in [0.2, 0.25) is 0 Å². The number of thioether (sulfide) groups is 1. The van der Waals surface area contributed by atoms with E-state index in [9.17, 15) is 0 Å². The third-order valence-electron chi connectivity index (χ3n) is 2.33. The Balaban J connectivity index is 1.84. The van der Waals surface area contributed by atoms with Crippen LogP contribution in [0.3, 0.4) is 0 Å². The summed E-state index contributed by atoms with van der Waals surface area (Å²) < 4.78 is 1.15. The molecule has 17 heavy (non-hydrogen) atoms. The van der Waals surface area contributed by atoms with Crippen molar-refractivity contribution in [1.82, 2.24) is 0 Å². The molecule has 0 aliphatic heterocycles. The zero-order chi connectivity index (χ0) is 12.1. The molecule has 1 nitrogen and oxygen atoms in total. The molecule has 1 unspecified atom stereocenters. The Bertz CT molecular complexity index is 456. The van der Waals surface area contributed by atoms with Crippen molar-refractivity contribution >= 4 is 39.0 Å². The molecule has 0 saturated heterocycles. The van der Waals surface area contributed by atoms with E-state index >= 15 is 0 Å². The second-order valence-corrected chi connectivity index (χ2v) is 6.73. The van der Waals surface area contributed by atoms with Crippen LogP contribution in [-0.4, -0.2) is 11.8 Å². The standard InChI is InChI=1S/C13H14BrNS2/c14-12-5-1-2-6-13(12)17-9-10(15)8-11-4-3-7-16-11/h1-7,10H,8-9,15H2. The van der Waals surface area contributed by atoms with Crippen LogP contribution in [0, 0.1) is 0 Å². The van der Waals surface area contributed by atoms with Gasteiger partial charge >= 0.3 is 0 Å². The van der Waals surface area contributed by atoms with Crippen LogP contribution in [0.25, 0.3) is 0 Å². The summed E-state index contributed by atoms with van der Waals surface area (Å²) in [6.07, 6.45) is 0.967. The van der Waals surface area contributed by atoms with Crippen molar-refractivity contribution in [3.63, 3.8) is 0 Å². The second kappa shape index (κ2) is 6.59. The van der Waals surface area contributed by atoms with Gasteiger partial charge in [-0.15, -0.1) is 23.1 Å². The van der Waals surface area contributed by atoms with Crippen LogP contribution in [0.15, 0.2) is 51.1 Å². The molecule has 0 amide bonds. The zero-order valence-corrected chi connectivity index (χ0v) is 12.5. The molecule has 2 rings (SSSR count). The van der Waals surface area contributed by atoms with Gasteiger partial charge in [-0.25, -0.2) is 0 Å². The van der Waals surface area contributed by atoms with E-state index in [1.54, 1.807) is 11.3 Å². The lowest BCUT2D eigenvalue weighted by atomic mass is 10.2. The lowest BCUT2D eigenvalue weighted by molar-refractivity contribution is 0.757. The largest absolute Gasteiger partial charge is 0.327 e. The van der Waals surface area contributed by atoms with E-state index in [4.69, 9.17) is 5.73 Å². The first-order valence-corrected chi connectivity index (χ1v) is 8.07. The minimum Gasteiger partial charge on any atom is -0.327 e. The van der Waals surface area contributed by atoms with E-state index < -0.39 is 0 Å². The van der Waals surface area contributed by atoms with Crippen molar-refractivity contribution in [2.45, 2.75) is 17.4 Å². The normalized spacial score (nSPS) is 12.6. The maximum atomic E-state index is 6.13. The van der Waals surface area contributed by atoms with E-state index in [0.29, 0.717) is 0 Å². The van der Waals surface area contributed by atoms with E-state index in [-0.39, 0.29) is 6.04 Å². The van der Waals surface area contributed by atoms with Gasteiger partial charge in [0.25, 0.3) is 0 Å². The molecule has 4 heteroatoms. The highest BCUT2D eigenvalue weighted by molar-refractivity contribution is 9.10. The number of benzene rings is 1. The molecule has 0 aliphatic rings. The van der Waals surface area contributed by atoms with Gasteiger partial charge in [-0.2, -0.15) is 0 Å². The lowest BCUT2D eigenvalue weighted by Gasteiger charge is -2.10. The molecule has 0 saturated carbocycles. The van der Waals surface area contributed by atoms with E-state index in [2.05, 4.69) is 51.6 Å². The van der Waals surface area contributed by atoms with Gasteiger partial charge in [0.05, 0.1) is 0 Å². The molecule has 2 N–H and O–H groups in total. The Labute approximate surface area is 119 Å². The first-order chi connectivity index (χ1) is 8.25. The molecule has 0 fully saturated rings. The fourth-order valence-corrected chi connectivity index (χ4v) is 3.82. The fraction of sp³-hybridized carbons (Fsp3) is 0.231. The molecule has 0 radical (unpaired) electrons. The zero-order valence-electron chi connectivity index (χ0n) is 9.30. The summed E-state index contributed by atoms with van der Waals surface area (Å²) in [6.45, 7) is 0. The summed E-state index contributed by atoms with van der Waals surface area (Å²) in [7, 11) is 0. The first kappa shape index (κ1) is 13.1. The number of halogens is 1. The molecule has 1 aromatic carbocycles. The van der Waals surface area contributed by atoms with Gasteiger partial charge in [0.1, 0.15) is 0 Å². The summed E-state index contributed by atoms with van der Waals surface area (Å²) in [5, 5.41) is 2.10. The highest BCUT2D eigenvalue weighted by atomic mass is 79.9. The van der Waals surface area contributed by atoms with Crippen LogP contribution in [0.4, 0.5) is 0 Å². The van der Waals surface area contributed by atoms with Crippen molar-refractivity contribution in [2.24, 2.45) is 5.73 Å². The first-order valence-electron chi connectivity index (χ1n) is 5.41. The Hall–Kier alpha value is -0.290. The third-order valence-corrected chi connectivity index (χ3v) is 5.45. The van der Waals surface area contributed by atoms with Crippen LogP contribution in [-0.2, 0) is 6.42 Å². The van der Waals surface area contributed by atoms with Crippen molar-refractivity contribution in [3.8, 4) is 0 Å². The third kappa shape index (κ3) is 4.14. The van der Waals surface area contributed by atoms with Crippen LogP contribution in [0.5, 0.6) is 0 Å². The monoisotopic (exact) mass is 327 g/mol.